The van der Waals surface area contributed by atoms with Gasteiger partial charge >= 0.3 is 18.1 Å². The molecular weight excluding hydrogens is 251 g/mol. The lowest BCUT2D eigenvalue weighted by atomic mass is 10.1. The molecule has 0 saturated carbocycles. The lowest BCUT2D eigenvalue weighted by molar-refractivity contribution is -0.170. The Morgan fingerprint density at radius 1 is 1.28 bits per heavy atom. The van der Waals surface area contributed by atoms with Crippen LogP contribution in [0.4, 0.5) is 18.9 Å². The highest BCUT2D eigenvalue weighted by Gasteiger charge is 2.44. The molecule has 1 aromatic carbocycles. The summed E-state index contributed by atoms with van der Waals surface area (Å²) in [5.41, 5.74) is 0.422. The summed E-state index contributed by atoms with van der Waals surface area (Å²) in [5, 5.41) is 8.78. The number of fused-ring (bicyclic) bond motifs is 1. The number of rotatable bonds is 1. The fraction of sp³-hybridized carbons (Fsp3) is 0.273. The van der Waals surface area contributed by atoms with Gasteiger partial charge in [0.05, 0.1) is 5.56 Å². The van der Waals surface area contributed by atoms with Gasteiger partial charge in [-0.05, 0) is 24.1 Å². The molecule has 1 N–H and O–H groups in total. The zero-order valence-corrected chi connectivity index (χ0v) is 8.99. The van der Waals surface area contributed by atoms with Crippen LogP contribution in [0.15, 0.2) is 18.2 Å². The highest BCUT2D eigenvalue weighted by atomic mass is 19.4. The Hall–Kier alpha value is -2.05. The number of carboxylic acids is 1. The second kappa shape index (κ2) is 4.01. The smallest absolute Gasteiger partial charge is 0.471 e. The fourth-order valence-electron chi connectivity index (χ4n) is 1.88. The number of aromatic carboxylic acids is 1. The van der Waals surface area contributed by atoms with Crippen LogP contribution in [0.3, 0.4) is 0 Å². The molecule has 0 bridgehead atoms. The molecule has 18 heavy (non-hydrogen) atoms. The van der Waals surface area contributed by atoms with Gasteiger partial charge in [-0.3, -0.25) is 4.79 Å². The summed E-state index contributed by atoms with van der Waals surface area (Å²) in [6.07, 6.45) is -4.67. The van der Waals surface area contributed by atoms with E-state index in [2.05, 4.69) is 0 Å². The molecule has 0 aromatic heterocycles. The minimum atomic E-state index is -4.96. The number of anilines is 1. The van der Waals surface area contributed by atoms with Crippen molar-refractivity contribution >= 4 is 17.6 Å². The molecule has 0 aliphatic carbocycles. The molecule has 0 saturated heterocycles. The number of carboxylic acid groups (broad SMARTS) is 1. The molecule has 1 amide bonds. The topological polar surface area (TPSA) is 57.6 Å². The van der Waals surface area contributed by atoms with Crippen molar-refractivity contribution in [2.24, 2.45) is 0 Å². The average molecular weight is 259 g/mol. The first kappa shape index (κ1) is 12.4. The highest BCUT2D eigenvalue weighted by Crippen LogP contribution is 2.32. The molecule has 7 heteroatoms. The van der Waals surface area contributed by atoms with Crippen LogP contribution in [0.1, 0.15) is 15.9 Å². The third-order valence-corrected chi connectivity index (χ3v) is 2.72. The fourth-order valence-corrected chi connectivity index (χ4v) is 1.88. The predicted molar refractivity (Wildman–Crippen MR) is 55.5 cm³/mol. The van der Waals surface area contributed by atoms with Crippen molar-refractivity contribution < 1.29 is 27.9 Å². The van der Waals surface area contributed by atoms with Crippen LogP contribution in [0, 0.1) is 0 Å². The Morgan fingerprint density at radius 2 is 1.94 bits per heavy atom. The third kappa shape index (κ3) is 2.03. The minimum absolute atomic E-state index is 0.0252. The first-order chi connectivity index (χ1) is 8.30. The van der Waals surface area contributed by atoms with Gasteiger partial charge in [0.1, 0.15) is 0 Å². The van der Waals surface area contributed by atoms with E-state index in [1.165, 1.54) is 12.1 Å². The van der Waals surface area contributed by atoms with Gasteiger partial charge < -0.3 is 10.0 Å². The highest BCUT2D eigenvalue weighted by molar-refractivity contribution is 6.00. The number of alkyl halides is 3. The zero-order chi connectivity index (χ0) is 13.5. The van der Waals surface area contributed by atoms with Gasteiger partial charge in [-0.15, -0.1) is 0 Å². The van der Waals surface area contributed by atoms with Crippen molar-refractivity contribution in [3.63, 3.8) is 0 Å². The Kier molecular flexibility index (Phi) is 2.76. The summed E-state index contributed by atoms with van der Waals surface area (Å²) in [6.45, 7) is -0.0866. The van der Waals surface area contributed by atoms with Gasteiger partial charge in [0.2, 0.25) is 0 Å². The number of carbonyl (C=O) groups is 2. The van der Waals surface area contributed by atoms with Gasteiger partial charge in [0, 0.05) is 12.2 Å². The number of amides is 1. The Morgan fingerprint density at radius 3 is 2.50 bits per heavy atom. The summed E-state index contributed by atoms with van der Waals surface area (Å²) in [6, 6.07) is 3.83. The van der Waals surface area contributed by atoms with E-state index in [4.69, 9.17) is 5.11 Å². The Bertz CT molecular complexity index is 525. The maximum Gasteiger partial charge on any atom is 0.471 e. The first-order valence-electron chi connectivity index (χ1n) is 5.05. The minimum Gasteiger partial charge on any atom is -0.478 e. The van der Waals surface area contributed by atoms with Crippen LogP contribution in [0.2, 0.25) is 0 Å². The number of benzene rings is 1. The molecular formula is C11H8F3NO3. The van der Waals surface area contributed by atoms with Crippen molar-refractivity contribution in [3.8, 4) is 0 Å². The largest absolute Gasteiger partial charge is 0.478 e. The number of hydrogen-bond donors (Lipinski definition) is 1. The van der Waals surface area contributed by atoms with Crippen LogP contribution in [0.25, 0.3) is 0 Å². The van der Waals surface area contributed by atoms with E-state index in [9.17, 15) is 22.8 Å². The van der Waals surface area contributed by atoms with Crippen molar-refractivity contribution in [2.45, 2.75) is 12.6 Å². The van der Waals surface area contributed by atoms with Gasteiger partial charge in [-0.25, -0.2) is 4.79 Å². The molecule has 0 unspecified atom stereocenters. The molecule has 2 rings (SSSR count). The molecule has 96 valence electrons. The van der Waals surface area contributed by atoms with Crippen molar-refractivity contribution in [3.05, 3.63) is 29.3 Å². The molecule has 4 nitrogen and oxygen atoms in total. The van der Waals surface area contributed by atoms with Crippen LogP contribution in [0.5, 0.6) is 0 Å². The van der Waals surface area contributed by atoms with Gasteiger partial charge in [0.25, 0.3) is 0 Å². The van der Waals surface area contributed by atoms with E-state index >= 15 is 0 Å². The first-order valence-corrected chi connectivity index (χ1v) is 5.05. The van der Waals surface area contributed by atoms with Crippen molar-refractivity contribution in [1.29, 1.82) is 0 Å². The van der Waals surface area contributed by atoms with E-state index in [0.717, 1.165) is 6.07 Å². The van der Waals surface area contributed by atoms with Gasteiger partial charge in [-0.1, -0.05) is 6.07 Å². The summed E-state index contributed by atoms with van der Waals surface area (Å²) >= 11 is 0. The number of hydrogen-bond acceptors (Lipinski definition) is 2. The monoisotopic (exact) mass is 259 g/mol. The molecule has 0 radical (unpaired) electrons. The van der Waals surface area contributed by atoms with Gasteiger partial charge in [-0.2, -0.15) is 13.2 Å². The normalized spacial score (nSPS) is 14.5. The van der Waals surface area contributed by atoms with E-state index in [1.54, 1.807) is 0 Å². The summed E-state index contributed by atoms with van der Waals surface area (Å²) in [5.74, 6) is -3.21. The molecule has 0 spiro atoms. The summed E-state index contributed by atoms with van der Waals surface area (Å²) in [7, 11) is 0. The van der Waals surface area contributed by atoms with E-state index in [1.807, 2.05) is 0 Å². The molecule has 1 heterocycles. The van der Waals surface area contributed by atoms with E-state index < -0.39 is 18.1 Å². The third-order valence-electron chi connectivity index (χ3n) is 2.72. The summed E-state index contributed by atoms with van der Waals surface area (Å²) < 4.78 is 37.0. The van der Waals surface area contributed by atoms with Crippen LogP contribution < -0.4 is 4.90 Å². The quantitative estimate of drug-likeness (QED) is 0.837. The van der Waals surface area contributed by atoms with Crippen LogP contribution in [-0.4, -0.2) is 29.7 Å². The maximum atomic E-state index is 12.3. The summed E-state index contributed by atoms with van der Waals surface area (Å²) in [4.78, 5) is 22.5. The van der Waals surface area contributed by atoms with Crippen molar-refractivity contribution in [1.82, 2.24) is 0 Å². The molecule has 1 aliphatic heterocycles. The second-order valence-corrected chi connectivity index (χ2v) is 3.85. The molecule has 1 aromatic rings. The molecule has 0 atom stereocenters. The Labute approximate surface area is 99.6 Å². The SMILES string of the molecule is O=C(O)c1ccc2c(c1)N(C(=O)C(F)(F)F)CC2. The molecule has 1 aliphatic rings. The maximum absolute atomic E-state index is 12.3. The lowest BCUT2D eigenvalue weighted by Crippen LogP contribution is -2.40. The van der Waals surface area contributed by atoms with E-state index in [-0.39, 0.29) is 24.2 Å². The number of nitrogens with zero attached hydrogens (tertiary/aromatic N) is 1. The van der Waals surface area contributed by atoms with Crippen LogP contribution >= 0.6 is 0 Å². The molecule has 0 fully saturated rings. The van der Waals surface area contributed by atoms with Crippen LogP contribution in [-0.2, 0) is 11.2 Å². The second-order valence-electron chi connectivity index (χ2n) is 3.85. The van der Waals surface area contributed by atoms with E-state index in [0.29, 0.717) is 10.5 Å². The average Bonchev–Trinajstić information content (AvgIpc) is 2.68. The number of halogens is 3. The standard InChI is InChI=1S/C11H8F3NO3/c12-11(13,14)10(18)15-4-3-6-1-2-7(9(16)17)5-8(6)15/h1-2,5H,3-4H2,(H,16,17). The number of carbonyl (C=O) groups excluding carboxylic acids is 1. The van der Waals surface area contributed by atoms with Crippen molar-refractivity contribution in [2.75, 3.05) is 11.4 Å². The van der Waals surface area contributed by atoms with Gasteiger partial charge in [0.15, 0.2) is 0 Å². The lowest BCUT2D eigenvalue weighted by Gasteiger charge is -2.18. The Balaban J connectivity index is 2.40. The predicted octanol–water partition coefficient (Wildman–Crippen LogP) is 1.84. The zero-order valence-electron chi connectivity index (χ0n) is 8.99.